The Morgan fingerprint density at radius 1 is 0.952 bits per heavy atom. The molecule has 0 radical (unpaired) electrons. The van der Waals surface area contributed by atoms with E-state index in [4.69, 9.17) is 14.7 Å². The summed E-state index contributed by atoms with van der Waals surface area (Å²) in [5, 5.41) is 14.4. The molecule has 2 unspecified atom stereocenters. The number of piperidine rings is 2. The van der Waals surface area contributed by atoms with Crippen molar-refractivity contribution in [3.63, 3.8) is 0 Å². The van der Waals surface area contributed by atoms with Crippen LogP contribution in [-0.4, -0.2) is 85.8 Å². The van der Waals surface area contributed by atoms with Gasteiger partial charge in [-0.3, -0.25) is 9.88 Å². The van der Waals surface area contributed by atoms with Crippen molar-refractivity contribution in [2.45, 2.75) is 62.7 Å². The summed E-state index contributed by atoms with van der Waals surface area (Å²) in [5.74, 6) is 2.05. The molecule has 4 saturated heterocycles. The zero-order valence-electron chi connectivity index (χ0n) is 23.9. The lowest BCUT2D eigenvalue weighted by Crippen LogP contribution is -2.68. The Morgan fingerprint density at radius 2 is 1.79 bits per heavy atom. The number of aromatic nitrogens is 5. The van der Waals surface area contributed by atoms with Crippen molar-refractivity contribution in [1.82, 2.24) is 34.4 Å². The van der Waals surface area contributed by atoms with Crippen molar-refractivity contribution in [3.05, 3.63) is 65.9 Å². The molecular formula is C32H35N9O. The summed E-state index contributed by atoms with van der Waals surface area (Å²) in [7, 11) is 1.64. The van der Waals surface area contributed by atoms with Crippen LogP contribution in [0.15, 0.2) is 49.2 Å². The second-order valence-corrected chi connectivity index (χ2v) is 12.3. The number of ether oxygens (including phenoxy) is 1. The highest BCUT2D eigenvalue weighted by atomic mass is 16.5. The Morgan fingerprint density at radius 3 is 2.45 bits per heavy atom. The van der Waals surface area contributed by atoms with Gasteiger partial charge in [-0.25, -0.2) is 14.5 Å². The molecule has 4 aromatic heterocycles. The Labute approximate surface area is 245 Å². The van der Waals surface area contributed by atoms with E-state index in [9.17, 15) is 5.26 Å². The van der Waals surface area contributed by atoms with E-state index in [1.165, 1.54) is 30.4 Å². The molecule has 0 N–H and O–H groups in total. The SMILES string of the molecule is COc1ccc(CN2C3CC2CN(c2cnc(-c4cc(C5CCN(C6CC6)CC5)cn5ncc(C#N)c45)cn2)C3)cn1. The molecular weight excluding hydrogens is 526 g/mol. The number of rotatable bonds is 7. The number of piperazine rings is 1. The van der Waals surface area contributed by atoms with Gasteiger partial charge in [-0.05, 0) is 68.3 Å². The molecule has 2 bridgehead atoms. The maximum Gasteiger partial charge on any atom is 0.212 e. The molecule has 5 aliphatic rings. The molecule has 4 aromatic rings. The zero-order chi connectivity index (χ0) is 28.2. The van der Waals surface area contributed by atoms with Crippen molar-refractivity contribution in [2.24, 2.45) is 0 Å². The maximum atomic E-state index is 9.82. The van der Waals surface area contributed by atoms with Crippen LogP contribution in [0.25, 0.3) is 16.8 Å². The van der Waals surface area contributed by atoms with Crippen molar-refractivity contribution < 1.29 is 4.74 Å². The number of anilines is 1. The molecule has 0 amide bonds. The number of pyridine rings is 2. The molecule has 0 aromatic carbocycles. The molecule has 5 fully saturated rings. The van der Waals surface area contributed by atoms with Gasteiger partial charge in [-0.1, -0.05) is 6.07 Å². The minimum absolute atomic E-state index is 0.488. The van der Waals surface area contributed by atoms with Crippen molar-refractivity contribution >= 4 is 11.3 Å². The molecule has 10 nitrogen and oxygen atoms in total. The lowest BCUT2D eigenvalue weighted by atomic mass is 9.87. The predicted octanol–water partition coefficient (Wildman–Crippen LogP) is 3.87. The van der Waals surface area contributed by atoms with Crippen LogP contribution in [0.2, 0.25) is 0 Å². The first-order valence-electron chi connectivity index (χ1n) is 15.1. The van der Waals surface area contributed by atoms with Gasteiger partial charge in [0.1, 0.15) is 11.9 Å². The van der Waals surface area contributed by atoms with E-state index in [1.54, 1.807) is 13.3 Å². The van der Waals surface area contributed by atoms with Crippen LogP contribution >= 0.6 is 0 Å². The Balaban J connectivity index is 1.00. The largest absolute Gasteiger partial charge is 0.481 e. The highest BCUT2D eigenvalue weighted by Gasteiger charge is 2.44. The van der Waals surface area contributed by atoms with Crippen LogP contribution in [-0.2, 0) is 6.54 Å². The molecule has 9 rings (SSSR count). The van der Waals surface area contributed by atoms with E-state index >= 15 is 0 Å². The van der Waals surface area contributed by atoms with Crippen LogP contribution < -0.4 is 9.64 Å². The van der Waals surface area contributed by atoms with Gasteiger partial charge in [-0.15, -0.1) is 0 Å². The summed E-state index contributed by atoms with van der Waals surface area (Å²) in [4.78, 5) is 21.7. The van der Waals surface area contributed by atoms with E-state index in [2.05, 4.69) is 49.2 Å². The summed E-state index contributed by atoms with van der Waals surface area (Å²) in [6.07, 6.45) is 15.7. The van der Waals surface area contributed by atoms with Crippen LogP contribution in [0.1, 0.15) is 54.7 Å². The van der Waals surface area contributed by atoms with Crippen molar-refractivity contribution in [3.8, 4) is 23.2 Å². The number of hydrogen-bond donors (Lipinski definition) is 0. The maximum absolute atomic E-state index is 9.82. The third kappa shape index (κ3) is 4.57. The zero-order valence-corrected chi connectivity index (χ0v) is 23.9. The Kier molecular flexibility index (Phi) is 6.30. The van der Waals surface area contributed by atoms with E-state index in [0.717, 1.165) is 74.2 Å². The number of nitriles is 1. The van der Waals surface area contributed by atoms with E-state index in [0.29, 0.717) is 29.4 Å². The monoisotopic (exact) mass is 561 g/mol. The fraction of sp³-hybridized carbons (Fsp3) is 0.469. The van der Waals surface area contributed by atoms with Gasteiger partial charge in [0, 0.05) is 61.8 Å². The molecule has 2 atom stereocenters. The van der Waals surface area contributed by atoms with Crippen molar-refractivity contribution in [1.29, 1.82) is 5.26 Å². The number of nitrogens with zero attached hydrogens (tertiary/aromatic N) is 9. The third-order valence-electron chi connectivity index (χ3n) is 9.77. The summed E-state index contributed by atoms with van der Waals surface area (Å²) < 4.78 is 7.07. The highest BCUT2D eigenvalue weighted by Crippen LogP contribution is 2.38. The fourth-order valence-corrected chi connectivity index (χ4v) is 7.27. The van der Waals surface area contributed by atoms with Crippen LogP contribution in [0, 0.1) is 11.3 Å². The number of likely N-dealkylation sites (tertiary alicyclic amines) is 1. The predicted molar refractivity (Wildman–Crippen MR) is 158 cm³/mol. The first kappa shape index (κ1) is 25.6. The van der Waals surface area contributed by atoms with Crippen LogP contribution in [0.4, 0.5) is 5.82 Å². The lowest BCUT2D eigenvalue weighted by molar-refractivity contribution is -0.00879. The van der Waals surface area contributed by atoms with Crippen molar-refractivity contribution in [2.75, 3.05) is 38.2 Å². The van der Waals surface area contributed by atoms with Crippen LogP contribution in [0.3, 0.4) is 0 Å². The average molecular weight is 562 g/mol. The summed E-state index contributed by atoms with van der Waals surface area (Å²) in [6.45, 7) is 5.10. The second kappa shape index (κ2) is 10.3. The van der Waals surface area contributed by atoms with E-state index in [1.807, 2.05) is 29.2 Å². The highest BCUT2D eigenvalue weighted by molar-refractivity contribution is 5.83. The smallest absolute Gasteiger partial charge is 0.212 e. The fourth-order valence-electron chi connectivity index (χ4n) is 7.27. The van der Waals surface area contributed by atoms with Gasteiger partial charge >= 0.3 is 0 Å². The lowest BCUT2D eigenvalue weighted by Gasteiger charge is -2.56. The molecule has 1 aliphatic carbocycles. The minimum atomic E-state index is 0.488. The summed E-state index contributed by atoms with van der Waals surface area (Å²) in [6, 6.07) is 10.4. The number of hydrogen-bond acceptors (Lipinski definition) is 9. The Hall–Kier alpha value is -4.07. The van der Waals surface area contributed by atoms with E-state index in [-0.39, 0.29) is 0 Å². The quantitative estimate of drug-likeness (QED) is 0.333. The number of methoxy groups -OCH3 is 1. The molecule has 214 valence electrons. The standard InChI is InChI=1S/C32H35N9O/c1-42-31-5-2-21(13-36-31)17-40-26-11-27(40)20-39(19-26)30-16-34-29(15-35-30)28-10-23(18-41-32(28)24(12-33)14-37-41)22-6-8-38(9-7-22)25-3-4-25/h2,5,10,13-16,18,22,25-27H,3-4,6-9,11,17,19-20H2,1H3. The first-order chi connectivity index (χ1) is 20.7. The van der Waals surface area contributed by atoms with Crippen LogP contribution in [0.5, 0.6) is 5.88 Å². The summed E-state index contributed by atoms with van der Waals surface area (Å²) >= 11 is 0. The molecule has 4 aliphatic heterocycles. The van der Waals surface area contributed by atoms with E-state index < -0.39 is 0 Å². The molecule has 10 heteroatoms. The van der Waals surface area contributed by atoms with Gasteiger partial charge in [0.05, 0.1) is 42.5 Å². The minimum Gasteiger partial charge on any atom is -0.481 e. The van der Waals surface area contributed by atoms with Gasteiger partial charge in [-0.2, -0.15) is 10.4 Å². The molecule has 8 heterocycles. The van der Waals surface area contributed by atoms with Gasteiger partial charge in [0.2, 0.25) is 5.88 Å². The normalized spacial score (nSPS) is 23.1. The molecule has 1 saturated carbocycles. The molecule has 42 heavy (non-hydrogen) atoms. The van der Waals surface area contributed by atoms with Gasteiger partial charge in [0.15, 0.2) is 0 Å². The average Bonchev–Trinajstić information content (AvgIpc) is 3.82. The van der Waals surface area contributed by atoms with Gasteiger partial charge in [0.25, 0.3) is 0 Å². The third-order valence-corrected chi connectivity index (χ3v) is 9.77. The number of fused-ring (bicyclic) bond motifs is 3. The Bertz CT molecular complexity index is 1620. The first-order valence-corrected chi connectivity index (χ1v) is 15.1. The molecule has 0 spiro atoms. The topological polar surface area (TPSA) is 98.7 Å². The second-order valence-electron chi connectivity index (χ2n) is 12.3. The van der Waals surface area contributed by atoms with Gasteiger partial charge < -0.3 is 14.5 Å². The summed E-state index contributed by atoms with van der Waals surface area (Å²) in [5.41, 5.74) is 5.58.